The Balaban J connectivity index is 4.23. The fourth-order valence-electron chi connectivity index (χ4n) is 1.12. The molecule has 0 saturated heterocycles. The quantitative estimate of drug-likeness (QED) is 0.478. The summed E-state index contributed by atoms with van der Waals surface area (Å²) < 4.78 is 3.21. The van der Waals surface area contributed by atoms with Gasteiger partial charge >= 0.3 is 0 Å². The molecule has 2 amide bonds. The molecular weight excluding hydrogens is 272 g/mol. The summed E-state index contributed by atoms with van der Waals surface area (Å²) in [6.45, 7) is 5.62. The molecule has 6 nitrogen and oxygen atoms in total. The third-order valence-corrected chi connectivity index (χ3v) is 4.69. The topological polar surface area (TPSA) is 92.7 Å². The van der Waals surface area contributed by atoms with E-state index in [1.165, 1.54) is 22.0 Å². The minimum atomic E-state index is -0.0140. The fraction of sp³-hybridized carbons (Fsp3) is 0.800. The zero-order chi connectivity index (χ0) is 14.0. The van der Waals surface area contributed by atoms with E-state index in [9.17, 15) is 9.59 Å². The van der Waals surface area contributed by atoms with Gasteiger partial charge < -0.3 is 11.5 Å². The summed E-state index contributed by atoms with van der Waals surface area (Å²) >= 11 is 0. The molecule has 0 radical (unpaired) electrons. The predicted molar refractivity (Wildman–Crippen MR) is 77.3 cm³/mol. The summed E-state index contributed by atoms with van der Waals surface area (Å²) in [7, 11) is 2.53. The molecule has 0 aromatic carbocycles. The first-order valence-corrected chi connectivity index (χ1v) is 8.02. The molecule has 0 heterocycles. The van der Waals surface area contributed by atoms with Crippen molar-refractivity contribution in [2.24, 2.45) is 11.5 Å². The average Bonchev–Trinajstić information content (AvgIpc) is 2.35. The van der Waals surface area contributed by atoms with Gasteiger partial charge in [0.1, 0.15) is 0 Å². The standard InChI is InChI=1S/C10H22N4O2S2/c1-3-13(9(15)5-7-11)17-18-14(4-2)10(16)6-8-12/h3-8,11-12H2,1-2H3. The van der Waals surface area contributed by atoms with Gasteiger partial charge in [-0.25, -0.2) is 0 Å². The van der Waals surface area contributed by atoms with Gasteiger partial charge in [-0.05, 0) is 13.8 Å². The molecule has 106 valence electrons. The molecule has 0 spiro atoms. The van der Waals surface area contributed by atoms with Crippen LogP contribution in [0.2, 0.25) is 0 Å². The first-order chi connectivity index (χ1) is 8.60. The van der Waals surface area contributed by atoms with E-state index in [4.69, 9.17) is 11.5 Å². The lowest BCUT2D eigenvalue weighted by Gasteiger charge is -2.23. The number of carbonyl (C=O) groups is 2. The first-order valence-electron chi connectivity index (χ1n) is 5.96. The molecular formula is C10H22N4O2S2. The third-order valence-electron chi connectivity index (χ3n) is 2.06. The number of nitrogens with zero attached hydrogens (tertiary/aromatic N) is 2. The second kappa shape index (κ2) is 10.5. The van der Waals surface area contributed by atoms with Gasteiger partial charge in [-0.3, -0.25) is 18.2 Å². The van der Waals surface area contributed by atoms with E-state index in [2.05, 4.69) is 0 Å². The summed E-state index contributed by atoms with van der Waals surface area (Å²) in [5.74, 6) is -0.0281. The SMILES string of the molecule is CCN(SSN(CC)C(=O)CCN)C(=O)CCN. The molecule has 0 saturated carbocycles. The van der Waals surface area contributed by atoms with Crippen LogP contribution in [0.1, 0.15) is 26.7 Å². The molecule has 0 aromatic heterocycles. The molecule has 0 atom stereocenters. The molecule has 0 aliphatic rings. The Morgan fingerprint density at radius 1 is 0.889 bits per heavy atom. The molecule has 0 unspecified atom stereocenters. The Kier molecular flexibility index (Phi) is 10.2. The third kappa shape index (κ3) is 6.48. The summed E-state index contributed by atoms with van der Waals surface area (Å²) in [4.78, 5) is 23.3. The van der Waals surface area contributed by atoms with Crippen molar-refractivity contribution >= 4 is 33.8 Å². The van der Waals surface area contributed by atoms with Gasteiger partial charge in [0, 0.05) is 61.0 Å². The lowest BCUT2D eigenvalue weighted by atomic mass is 10.4. The molecule has 0 rings (SSSR count). The predicted octanol–water partition coefficient (Wildman–Crippen LogP) is 0.592. The molecule has 0 aliphatic heterocycles. The van der Waals surface area contributed by atoms with Crippen molar-refractivity contribution in [1.82, 2.24) is 8.61 Å². The fourth-order valence-corrected chi connectivity index (χ4v) is 3.45. The Labute approximate surface area is 116 Å². The van der Waals surface area contributed by atoms with Crippen molar-refractivity contribution in [2.45, 2.75) is 26.7 Å². The Morgan fingerprint density at radius 3 is 1.44 bits per heavy atom. The minimum Gasteiger partial charge on any atom is -0.330 e. The highest BCUT2D eigenvalue weighted by atomic mass is 33.1. The molecule has 0 fully saturated rings. The van der Waals surface area contributed by atoms with Crippen molar-refractivity contribution in [2.75, 3.05) is 26.2 Å². The highest BCUT2D eigenvalue weighted by molar-refractivity contribution is 8.75. The van der Waals surface area contributed by atoms with Crippen LogP contribution in [-0.2, 0) is 9.59 Å². The number of hydrogen-bond acceptors (Lipinski definition) is 6. The Hall–Kier alpha value is -0.440. The van der Waals surface area contributed by atoms with Crippen molar-refractivity contribution in [3.63, 3.8) is 0 Å². The van der Waals surface area contributed by atoms with Crippen molar-refractivity contribution in [1.29, 1.82) is 0 Å². The maximum atomic E-state index is 11.7. The van der Waals surface area contributed by atoms with Crippen LogP contribution in [0.4, 0.5) is 0 Å². The number of hydrogen-bond donors (Lipinski definition) is 2. The van der Waals surface area contributed by atoms with Crippen molar-refractivity contribution in [3.05, 3.63) is 0 Å². The van der Waals surface area contributed by atoms with Gasteiger partial charge in [-0.15, -0.1) is 0 Å². The zero-order valence-corrected chi connectivity index (χ0v) is 12.6. The summed E-state index contributed by atoms with van der Waals surface area (Å²) in [6.07, 6.45) is 0.647. The Bertz CT molecular complexity index is 240. The maximum absolute atomic E-state index is 11.7. The van der Waals surface area contributed by atoms with Gasteiger partial charge in [-0.1, -0.05) is 0 Å². The van der Waals surface area contributed by atoms with E-state index in [0.29, 0.717) is 39.0 Å². The van der Waals surface area contributed by atoms with Crippen LogP contribution in [0.3, 0.4) is 0 Å². The number of nitrogens with two attached hydrogens (primary N) is 2. The average molecular weight is 294 g/mol. The van der Waals surface area contributed by atoms with Crippen LogP contribution in [0.5, 0.6) is 0 Å². The monoisotopic (exact) mass is 294 g/mol. The van der Waals surface area contributed by atoms with E-state index in [1.807, 2.05) is 13.8 Å². The second-order valence-electron chi connectivity index (χ2n) is 3.40. The van der Waals surface area contributed by atoms with Gasteiger partial charge in [-0.2, -0.15) is 0 Å². The van der Waals surface area contributed by atoms with Crippen molar-refractivity contribution < 1.29 is 9.59 Å². The molecule has 18 heavy (non-hydrogen) atoms. The van der Waals surface area contributed by atoms with Crippen LogP contribution in [0.15, 0.2) is 0 Å². The summed E-state index contributed by atoms with van der Waals surface area (Å²) in [6, 6.07) is 0. The molecule has 0 bridgehead atoms. The van der Waals surface area contributed by atoms with Crippen LogP contribution >= 0.6 is 22.0 Å². The van der Waals surface area contributed by atoms with E-state index >= 15 is 0 Å². The molecule has 4 N–H and O–H groups in total. The lowest BCUT2D eigenvalue weighted by Crippen LogP contribution is -2.29. The largest absolute Gasteiger partial charge is 0.330 e. The van der Waals surface area contributed by atoms with Crippen LogP contribution < -0.4 is 11.5 Å². The highest BCUT2D eigenvalue weighted by Gasteiger charge is 2.17. The summed E-state index contributed by atoms with van der Waals surface area (Å²) in [5.41, 5.74) is 10.7. The van der Waals surface area contributed by atoms with E-state index in [-0.39, 0.29) is 11.8 Å². The van der Waals surface area contributed by atoms with E-state index in [0.717, 1.165) is 0 Å². The van der Waals surface area contributed by atoms with Gasteiger partial charge in [0.05, 0.1) is 0 Å². The van der Waals surface area contributed by atoms with Crippen LogP contribution in [-0.4, -0.2) is 46.6 Å². The molecule has 8 heteroatoms. The van der Waals surface area contributed by atoms with Crippen LogP contribution in [0, 0.1) is 0 Å². The highest BCUT2D eigenvalue weighted by Crippen LogP contribution is 2.30. The van der Waals surface area contributed by atoms with E-state index in [1.54, 1.807) is 8.61 Å². The normalized spacial score (nSPS) is 10.2. The Morgan fingerprint density at radius 2 is 1.22 bits per heavy atom. The molecule has 0 aromatic rings. The minimum absolute atomic E-state index is 0.0140. The maximum Gasteiger partial charge on any atom is 0.234 e. The number of rotatable bonds is 9. The van der Waals surface area contributed by atoms with Crippen molar-refractivity contribution in [3.8, 4) is 0 Å². The lowest BCUT2D eigenvalue weighted by molar-refractivity contribution is -0.126. The van der Waals surface area contributed by atoms with Gasteiger partial charge in [0.2, 0.25) is 11.8 Å². The van der Waals surface area contributed by atoms with E-state index < -0.39 is 0 Å². The molecule has 0 aliphatic carbocycles. The smallest absolute Gasteiger partial charge is 0.234 e. The summed E-state index contributed by atoms with van der Waals surface area (Å²) in [5, 5.41) is 0. The van der Waals surface area contributed by atoms with Gasteiger partial charge in [0.15, 0.2) is 0 Å². The first kappa shape index (κ1) is 17.6. The number of carbonyl (C=O) groups excluding carboxylic acids is 2. The zero-order valence-electron chi connectivity index (χ0n) is 10.9. The van der Waals surface area contributed by atoms with Gasteiger partial charge in [0.25, 0.3) is 0 Å². The number of amides is 2. The van der Waals surface area contributed by atoms with Crippen LogP contribution in [0.25, 0.3) is 0 Å². The second-order valence-corrected chi connectivity index (χ2v) is 5.48.